The molecular weight excluding hydrogens is 276 g/mol. The van der Waals surface area contributed by atoms with Crippen LogP contribution in [0.3, 0.4) is 0 Å². The van der Waals surface area contributed by atoms with Gasteiger partial charge in [0.1, 0.15) is 0 Å². The van der Waals surface area contributed by atoms with E-state index < -0.39 is 10.8 Å². The second-order valence-corrected chi connectivity index (χ2v) is 6.82. The van der Waals surface area contributed by atoms with Crippen molar-refractivity contribution in [3.8, 4) is 0 Å². The lowest BCUT2D eigenvalue weighted by molar-refractivity contribution is 0.684. The zero-order valence-electron chi connectivity index (χ0n) is 9.40. The summed E-state index contributed by atoms with van der Waals surface area (Å²) in [6.45, 7) is 2.61. The van der Waals surface area contributed by atoms with E-state index in [4.69, 9.17) is 11.6 Å². The van der Waals surface area contributed by atoms with Crippen LogP contribution in [0.15, 0.2) is 18.2 Å². The molecule has 0 spiro atoms. The molecule has 92 valence electrons. The standard InChI is InChI=1S/C11H13ClN2OS2/c1-2-17(15)6-5-13-11-14-9-4-3-8(12)7-10(9)16-11/h3-4,7H,2,5-6H2,1H3,(H,13,14). The highest BCUT2D eigenvalue weighted by Gasteiger charge is 2.04. The molecule has 0 saturated carbocycles. The van der Waals surface area contributed by atoms with Crippen molar-refractivity contribution in [1.82, 2.24) is 4.98 Å². The summed E-state index contributed by atoms with van der Waals surface area (Å²) < 4.78 is 12.3. The Kier molecular flexibility index (Phi) is 4.36. The van der Waals surface area contributed by atoms with Gasteiger partial charge >= 0.3 is 0 Å². The molecule has 0 aliphatic rings. The summed E-state index contributed by atoms with van der Waals surface area (Å²) in [4.78, 5) is 4.43. The minimum Gasteiger partial charge on any atom is -0.361 e. The predicted octanol–water partition coefficient (Wildman–Crippen LogP) is 3.13. The van der Waals surface area contributed by atoms with Crippen LogP contribution in [0.2, 0.25) is 5.02 Å². The van der Waals surface area contributed by atoms with Crippen LogP contribution in [-0.4, -0.2) is 27.2 Å². The Labute approximate surface area is 112 Å². The minimum atomic E-state index is -0.729. The van der Waals surface area contributed by atoms with Gasteiger partial charge in [-0.1, -0.05) is 29.9 Å². The van der Waals surface area contributed by atoms with Crippen LogP contribution >= 0.6 is 22.9 Å². The fourth-order valence-electron chi connectivity index (χ4n) is 1.39. The van der Waals surface area contributed by atoms with Gasteiger partial charge in [0.2, 0.25) is 0 Å². The van der Waals surface area contributed by atoms with Crippen molar-refractivity contribution < 1.29 is 4.21 Å². The van der Waals surface area contributed by atoms with E-state index in [1.807, 2.05) is 25.1 Å². The highest BCUT2D eigenvalue weighted by Crippen LogP contribution is 2.27. The average Bonchev–Trinajstić information content (AvgIpc) is 2.70. The van der Waals surface area contributed by atoms with Crippen molar-refractivity contribution in [2.24, 2.45) is 0 Å². The molecule has 2 aromatic rings. The zero-order valence-corrected chi connectivity index (χ0v) is 11.8. The number of hydrogen-bond acceptors (Lipinski definition) is 4. The Bertz CT molecular complexity index is 541. The summed E-state index contributed by atoms with van der Waals surface area (Å²) in [5.41, 5.74) is 0.943. The Morgan fingerprint density at radius 2 is 2.35 bits per heavy atom. The molecule has 6 heteroatoms. The van der Waals surface area contributed by atoms with E-state index in [0.717, 1.165) is 20.4 Å². The monoisotopic (exact) mass is 288 g/mol. The number of aromatic nitrogens is 1. The lowest BCUT2D eigenvalue weighted by atomic mass is 10.3. The van der Waals surface area contributed by atoms with Crippen LogP contribution in [0, 0.1) is 0 Å². The molecule has 1 aromatic heterocycles. The first kappa shape index (κ1) is 12.8. The Balaban J connectivity index is 2.02. The van der Waals surface area contributed by atoms with Crippen LogP contribution in [0.5, 0.6) is 0 Å². The third-order valence-corrected chi connectivity index (χ3v) is 4.79. The Morgan fingerprint density at radius 3 is 3.12 bits per heavy atom. The number of fused-ring (bicyclic) bond motifs is 1. The van der Waals surface area contributed by atoms with E-state index in [9.17, 15) is 4.21 Å². The molecule has 0 amide bonds. The molecule has 3 nitrogen and oxygen atoms in total. The molecule has 17 heavy (non-hydrogen) atoms. The number of nitrogens with zero attached hydrogens (tertiary/aromatic N) is 1. The summed E-state index contributed by atoms with van der Waals surface area (Å²) in [5, 5.41) is 4.77. The van der Waals surface area contributed by atoms with Crippen molar-refractivity contribution in [3.63, 3.8) is 0 Å². The van der Waals surface area contributed by atoms with Gasteiger partial charge in [0.05, 0.1) is 10.2 Å². The van der Waals surface area contributed by atoms with Crippen LogP contribution in [-0.2, 0) is 10.8 Å². The number of benzene rings is 1. The topological polar surface area (TPSA) is 42.0 Å². The van der Waals surface area contributed by atoms with Crippen LogP contribution in [0.25, 0.3) is 10.2 Å². The van der Waals surface area contributed by atoms with Crippen molar-refractivity contribution in [1.29, 1.82) is 0 Å². The van der Waals surface area contributed by atoms with Crippen molar-refractivity contribution >= 4 is 49.1 Å². The summed E-state index contributed by atoms with van der Waals surface area (Å²) >= 11 is 7.48. The van der Waals surface area contributed by atoms with Gasteiger partial charge in [-0.15, -0.1) is 0 Å². The lowest BCUT2D eigenvalue weighted by Gasteiger charge is -2.00. The van der Waals surface area contributed by atoms with E-state index in [0.29, 0.717) is 18.1 Å². The van der Waals surface area contributed by atoms with Crippen molar-refractivity contribution in [2.75, 3.05) is 23.4 Å². The van der Waals surface area contributed by atoms with E-state index in [1.54, 1.807) is 11.3 Å². The molecule has 0 saturated heterocycles. The SMILES string of the molecule is CCS(=O)CCNc1nc2ccc(Cl)cc2s1. The molecule has 0 aliphatic carbocycles. The fraction of sp³-hybridized carbons (Fsp3) is 0.364. The van der Waals surface area contributed by atoms with E-state index >= 15 is 0 Å². The van der Waals surface area contributed by atoms with E-state index in [2.05, 4.69) is 10.3 Å². The molecule has 1 N–H and O–H groups in total. The normalized spacial score (nSPS) is 12.8. The minimum absolute atomic E-state index is 0.660. The smallest absolute Gasteiger partial charge is 0.183 e. The van der Waals surface area contributed by atoms with Gasteiger partial charge < -0.3 is 5.32 Å². The molecule has 1 atom stereocenters. The van der Waals surface area contributed by atoms with Gasteiger partial charge in [0, 0.05) is 33.9 Å². The molecule has 0 radical (unpaired) electrons. The summed E-state index contributed by atoms with van der Waals surface area (Å²) in [5.74, 6) is 1.37. The molecule has 1 unspecified atom stereocenters. The molecule has 2 rings (SSSR count). The first-order valence-electron chi connectivity index (χ1n) is 5.34. The highest BCUT2D eigenvalue weighted by molar-refractivity contribution is 7.84. The maximum Gasteiger partial charge on any atom is 0.183 e. The summed E-state index contributed by atoms with van der Waals surface area (Å²) in [6, 6.07) is 5.65. The highest BCUT2D eigenvalue weighted by atomic mass is 35.5. The van der Waals surface area contributed by atoms with Gasteiger partial charge in [0.15, 0.2) is 5.13 Å². The van der Waals surface area contributed by atoms with Crippen LogP contribution in [0.4, 0.5) is 5.13 Å². The molecule has 0 fully saturated rings. The first-order valence-corrected chi connectivity index (χ1v) is 8.02. The lowest BCUT2D eigenvalue weighted by Crippen LogP contribution is -2.11. The summed E-state index contributed by atoms with van der Waals surface area (Å²) in [7, 11) is -0.729. The van der Waals surface area contributed by atoms with Crippen molar-refractivity contribution in [2.45, 2.75) is 6.92 Å². The molecule has 1 aromatic carbocycles. The fourth-order valence-corrected chi connectivity index (χ4v) is 3.18. The molecule has 0 bridgehead atoms. The van der Waals surface area contributed by atoms with Gasteiger partial charge in [-0.2, -0.15) is 0 Å². The maximum absolute atomic E-state index is 11.3. The Morgan fingerprint density at radius 1 is 1.53 bits per heavy atom. The second-order valence-electron chi connectivity index (χ2n) is 3.49. The second kappa shape index (κ2) is 5.80. The average molecular weight is 289 g/mol. The van der Waals surface area contributed by atoms with Gasteiger partial charge in [0.25, 0.3) is 0 Å². The van der Waals surface area contributed by atoms with E-state index in [-0.39, 0.29) is 0 Å². The maximum atomic E-state index is 11.3. The van der Waals surface area contributed by atoms with Crippen molar-refractivity contribution in [3.05, 3.63) is 23.2 Å². The number of anilines is 1. The number of halogens is 1. The van der Waals surface area contributed by atoms with Gasteiger partial charge in [-0.25, -0.2) is 4.98 Å². The zero-order chi connectivity index (χ0) is 12.3. The summed E-state index contributed by atoms with van der Waals surface area (Å²) in [6.07, 6.45) is 0. The molecule has 0 aliphatic heterocycles. The molecule has 1 heterocycles. The number of rotatable bonds is 5. The van der Waals surface area contributed by atoms with Gasteiger partial charge in [-0.05, 0) is 18.2 Å². The quantitative estimate of drug-likeness (QED) is 0.919. The van der Waals surface area contributed by atoms with Crippen LogP contribution < -0.4 is 5.32 Å². The first-order chi connectivity index (χ1) is 8.19. The van der Waals surface area contributed by atoms with Crippen LogP contribution in [0.1, 0.15) is 6.92 Å². The largest absolute Gasteiger partial charge is 0.361 e. The number of hydrogen-bond donors (Lipinski definition) is 1. The number of thiazole rings is 1. The Hall–Kier alpha value is -0.650. The molecular formula is C11H13ClN2OS2. The van der Waals surface area contributed by atoms with Gasteiger partial charge in [-0.3, -0.25) is 4.21 Å². The third-order valence-electron chi connectivity index (χ3n) is 2.28. The third kappa shape index (κ3) is 3.40. The predicted molar refractivity (Wildman–Crippen MR) is 76.7 cm³/mol. The van der Waals surface area contributed by atoms with E-state index in [1.165, 1.54) is 0 Å². The number of nitrogens with one attached hydrogen (secondary N) is 1.